The first-order valence-corrected chi connectivity index (χ1v) is 9.62. The van der Waals surface area contributed by atoms with Crippen LogP contribution < -0.4 is 10.6 Å². The molecule has 0 aliphatic rings. The average molecular weight is 385 g/mol. The number of nitrogens with zero attached hydrogens (tertiary/aromatic N) is 2. The van der Waals surface area contributed by atoms with Crippen molar-refractivity contribution in [2.45, 2.75) is 26.2 Å². The maximum atomic E-state index is 12.3. The third-order valence-corrected chi connectivity index (χ3v) is 4.80. The lowest BCUT2D eigenvalue weighted by Crippen LogP contribution is -2.14. The van der Waals surface area contributed by atoms with E-state index in [4.69, 9.17) is 0 Å². The van der Waals surface area contributed by atoms with E-state index >= 15 is 0 Å². The van der Waals surface area contributed by atoms with Crippen LogP contribution >= 0.6 is 0 Å². The van der Waals surface area contributed by atoms with Gasteiger partial charge in [0.05, 0.1) is 11.8 Å². The van der Waals surface area contributed by atoms with Crippen LogP contribution in [0.25, 0.3) is 11.0 Å². The Morgan fingerprint density at radius 1 is 0.966 bits per heavy atom. The molecule has 0 saturated heterocycles. The summed E-state index contributed by atoms with van der Waals surface area (Å²) in [4.78, 5) is 23.9. The summed E-state index contributed by atoms with van der Waals surface area (Å²) in [5, 5.41) is 7.18. The molecule has 4 aromatic rings. The van der Waals surface area contributed by atoms with Gasteiger partial charge in [-0.1, -0.05) is 38.1 Å². The highest BCUT2D eigenvalue weighted by molar-refractivity contribution is 5.92. The summed E-state index contributed by atoms with van der Waals surface area (Å²) in [7, 11) is 0. The standard InChI is InChI=1S/C23H23N5O/c1-15(2)17-5-9-18(10-6-17)27-21(29)13-16-3-7-19(8-4-16)28-23-20-11-12-24-22(20)25-14-26-23/h3-12,14-15H,13H2,1-2H3,(H,27,29)(H2,24,25,26,28). The first-order valence-electron chi connectivity index (χ1n) is 9.62. The molecule has 0 atom stereocenters. The molecule has 2 aromatic carbocycles. The van der Waals surface area contributed by atoms with E-state index in [1.165, 1.54) is 11.9 Å². The van der Waals surface area contributed by atoms with E-state index in [1.54, 1.807) is 0 Å². The maximum absolute atomic E-state index is 12.3. The van der Waals surface area contributed by atoms with E-state index < -0.39 is 0 Å². The first-order chi connectivity index (χ1) is 14.1. The number of nitrogens with one attached hydrogen (secondary N) is 3. The van der Waals surface area contributed by atoms with E-state index in [-0.39, 0.29) is 5.91 Å². The number of carbonyl (C=O) groups excluding carboxylic acids is 1. The highest BCUT2D eigenvalue weighted by Gasteiger charge is 2.07. The Balaban J connectivity index is 1.37. The molecule has 1 amide bonds. The van der Waals surface area contributed by atoms with Gasteiger partial charge in [-0.3, -0.25) is 4.79 Å². The van der Waals surface area contributed by atoms with E-state index in [0.29, 0.717) is 12.3 Å². The van der Waals surface area contributed by atoms with Crippen LogP contribution in [-0.4, -0.2) is 20.9 Å². The van der Waals surface area contributed by atoms with Crippen LogP contribution in [0.5, 0.6) is 0 Å². The first kappa shape index (κ1) is 18.7. The molecule has 2 heterocycles. The molecule has 0 saturated carbocycles. The molecule has 29 heavy (non-hydrogen) atoms. The highest BCUT2D eigenvalue weighted by Crippen LogP contribution is 2.22. The van der Waals surface area contributed by atoms with Crippen LogP contribution in [0.15, 0.2) is 67.1 Å². The zero-order valence-corrected chi connectivity index (χ0v) is 16.4. The third-order valence-electron chi connectivity index (χ3n) is 4.80. The number of amides is 1. The van der Waals surface area contributed by atoms with Crippen molar-refractivity contribution >= 4 is 34.1 Å². The Hall–Kier alpha value is -3.67. The van der Waals surface area contributed by atoms with E-state index in [2.05, 4.69) is 51.6 Å². The Morgan fingerprint density at radius 3 is 2.41 bits per heavy atom. The zero-order chi connectivity index (χ0) is 20.2. The average Bonchev–Trinajstić information content (AvgIpc) is 3.20. The van der Waals surface area contributed by atoms with Gasteiger partial charge in [-0.25, -0.2) is 9.97 Å². The van der Waals surface area contributed by atoms with Gasteiger partial charge in [-0.15, -0.1) is 0 Å². The number of hydrogen-bond donors (Lipinski definition) is 3. The largest absolute Gasteiger partial charge is 0.346 e. The topological polar surface area (TPSA) is 82.7 Å². The number of fused-ring (bicyclic) bond motifs is 1. The van der Waals surface area contributed by atoms with Crippen LogP contribution in [0.4, 0.5) is 17.2 Å². The lowest BCUT2D eigenvalue weighted by atomic mass is 10.0. The smallest absolute Gasteiger partial charge is 0.228 e. The van der Waals surface area contributed by atoms with Crippen molar-refractivity contribution < 1.29 is 4.79 Å². The number of anilines is 3. The summed E-state index contributed by atoms with van der Waals surface area (Å²) in [6.07, 6.45) is 3.68. The minimum Gasteiger partial charge on any atom is -0.346 e. The molecule has 0 fully saturated rings. The number of aromatic amines is 1. The molecule has 3 N–H and O–H groups in total. The number of hydrogen-bond acceptors (Lipinski definition) is 4. The lowest BCUT2D eigenvalue weighted by molar-refractivity contribution is -0.115. The van der Waals surface area contributed by atoms with Crippen molar-refractivity contribution in [3.8, 4) is 0 Å². The molecule has 146 valence electrons. The van der Waals surface area contributed by atoms with Crippen molar-refractivity contribution in [3.63, 3.8) is 0 Å². The van der Waals surface area contributed by atoms with Crippen LogP contribution in [0.3, 0.4) is 0 Å². The van der Waals surface area contributed by atoms with E-state index in [9.17, 15) is 4.79 Å². The number of carbonyl (C=O) groups is 1. The van der Waals surface area contributed by atoms with Gasteiger partial charge in [-0.05, 0) is 47.4 Å². The van der Waals surface area contributed by atoms with Gasteiger partial charge in [0.15, 0.2) is 0 Å². The van der Waals surface area contributed by atoms with Crippen LogP contribution in [0.2, 0.25) is 0 Å². The summed E-state index contributed by atoms with van der Waals surface area (Å²) in [6, 6.07) is 17.7. The molecule has 0 radical (unpaired) electrons. The van der Waals surface area contributed by atoms with Crippen molar-refractivity contribution in [2.75, 3.05) is 10.6 Å². The molecule has 0 aliphatic heterocycles. The Kier molecular flexibility index (Phi) is 5.24. The van der Waals surface area contributed by atoms with E-state index in [1.807, 2.05) is 48.7 Å². The second kappa shape index (κ2) is 8.14. The fourth-order valence-corrected chi connectivity index (χ4v) is 3.16. The predicted molar refractivity (Wildman–Crippen MR) is 116 cm³/mol. The lowest BCUT2D eigenvalue weighted by Gasteiger charge is -2.09. The number of rotatable bonds is 6. The fraction of sp³-hybridized carbons (Fsp3) is 0.174. The monoisotopic (exact) mass is 385 g/mol. The third kappa shape index (κ3) is 4.43. The molecule has 0 aliphatic carbocycles. The molecule has 0 spiro atoms. The summed E-state index contributed by atoms with van der Waals surface area (Å²) >= 11 is 0. The van der Waals surface area contributed by atoms with Gasteiger partial charge >= 0.3 is 0 Å². The van der Waals surface area contributed by atoms with Crippen molar-refractivity contribution in [3.05, 3.63) is 78.2 Å². The molecular formula is C23H23N5O. The minimum atomic E-state index is -0.0344. The van der Waals surface area contributed by atoms with Gasteiger partial charge in [0, 0.05) is 17.6 Å². The SMILES string of the molecule is CC(C)c1ccc(NC(=O)Cc2ccc(Nc3ncnc4[nH]ccc34)cc2)cc1. The molecule has 6 heteroatoms. The molecule has 4 rings (SSSR count). The number of H-pyrrole nitrogens is 1. The van der Waals surface area contributed by atoms with Gasteiger partial charge in [0.1, 0.15) is 17.8 Å². The normalized spacial score (nSPS) is 11.0. The van der Waals surface area contributed by atoms with Crippen molar-refractivity contribution in [1.82, 2.24) is 15.0 Å². The Morgan fingerprint density at radius 2 is 1.69 bits per heavy atom. The summed E-state index contributed by atoms with van der Waals surface area (Å²) in [6.45, 7) is 4.30. The zero-order valence-electron chi connectivity index (χ0n) is 16.4. The van der Waals surface area contributed by atoms with Gasteiger partial charge in [0.2, 0.25) is 5.91 Å². The van der Waals surface area contributed by atoms with Crippen molar-refractivity contribution in [1.29, 1.82) is 0 Å². The fourth-order valence-electron chi connectivity index (χ4n) is 3.16. The van der Waals surface area contributed by atoms with Crippen LogP contribution in [0.1, 0.15) is 30.9 Å². The van der Waals surface area contributed by atoms with Crippen LogP contribution in [0, 0.1) is 0 Å². The Bertz CT molecular complexity index is 1110. The number of aromatic nitrogens is 3. The summed E-state index contributed by atoms with van der Waals surface area (Å²) in [5.41, 5.74) is 4.71. The minimum absolute atomic E-state index is 0.0344. The molecule has 6 nitrogen and oxygen atoms in total. The molecule has 0 bridgehead atoms. The second-order valence-corrected chi connectivity index (χ2v) is 7.29. The van der Waals surface area contributed by atoms with Gasteiger partial charge < -0.3 is 15.6 Å². The maximum Gasteiger partial charge on any atom is 0.228 e. The molecule has 0 unspecified atom stereocenters. The summed E-state index contributed by atoms with van der Waals surface area (Å²) in [5.74, 6) is 1.18. The van der Waals surface area contributed by atoms with Crippen LogP contribution in [-0.2, 0) is 11.2 Å². The van der Waals surface area contributed by atoms with Gasteiger partial charge in [0.25, 0.3) is 0 Å². The predicted octanol–water partition coefficient (Wildman–Crippen LogP) is 5.01. The van der Waals surface area contributed by atoms with E-state index in [0.717, 1.165) is 33.8 Å². The summed E-state index contributed by atoms with van der Waals surface area (Å²) < 4.78 is 0. The highest BCUT2D eigenvalue weighted by atomic mass is 16.1. The second-order valence-electron chi connectivity index (χ2n) is 7.29. The molecular weight excluding hydrogens is 362 g/mol. The van der Waals surface area contributed by atoms with Crippen molar-refractivity contribution in [2.24, 2.45) is 0 Å². The van der Waals surface area contributed by atoms with Gasteiger partial charge in [-0.2, -0.15) is 0 Å². The molecule has 2 aromatic heterocycles. The Labute approximate surface area is 169 Å². The quantitative estimate of drug-likeness (QED) is 0.436. The number of benzene rings is 2.